The highest BCUT2D eigenvalue weighted by Gasteiger charge is 2.07. The Kier molecular flexibility index (Phi) is 4.25. The monoisotopic (exact) mass is 293 g/mol. The van der Waals surface area contributed by atoms with E-state index in [9.17, 15) is 0 Å². The summed E-state index contributed by atoms with van der Waals surface area (Å²) >= 11 is 0. The molecule has 0 amide bonds. The second kappa shape index (κ2) is 6.49. The first kappa shape index (κ1) is 14.4. The summed E-state index contributed by atoms with van der Waals surface area (Å²) < 4.78 is 1.66. The van der Waals surface area contributed by atoms with Gasteiger partial charge in [-0.25, -0.2) is 4.68 Å². The van der Waals surface area contributed by atoms with Gasteiger partial charge in [0.1, 0.15) is 6.33 Å². The van der Waals surface area contributed by atoms with Crippen LogP contribution in [0.15, 0.2) is 54.9 Å². The van der Waals surface area contributed by atoms with Crippen molar-refractivity contribution in [2.45, 2.75) is 26.4 Å². The lowest BCUT2D eigenvalue weighted by atomic mass is 10.1. The quantitative estimate of drug-likeness (QED) is 0.786. The van der Waals surface area contributed by atoms with Crippen LogP contribution in [0.5, 0.6) is 0 Å². The van der Waals surface area contributed by atoms with Crippen LogP contribution in [0.25, 0.3) is 5.69 Å². The van der Waals surface area contributed by atoms with Crippen LogP contribution < -0.4 is 5.32 Å². The van der Waals surface area contributed by atoms with Crippen LogP contribution in [0.3, 0.4) is 0 Å². The van der Waals surface area contributed by atoms with Gasteiger partial charge < -0.3 is 5.32 Å². The van der Waals surface area contributed by atoms with Crippen LogP contribution in [0, 0.1) is 6.92 Å². The zero-order chi connectivity index (χ0) is 15.4. The molecule has 1 heterocycles. The molecular formula is C17H19N5. The topological polar surface area (TPSA) is 55.6 Å². The fraction of sp³-hybridized carbons (Fsp3) is 0.235. The van der Waals surface area contributed by atoms with Crippen molar-refractivity contribution in [2.24, 2.45) is 0 Å². The third-order valence-corrected chi connectivity index (χ3v) is 3.72. The molecule has 0 saturated carbocycles. The summed E-state index contributed by atoms with van der Waals surface area (Å²) in [6, 6.07) is 17.1. The summed E-state index contributed by atoms with van der Waals surface area (Å²) in [6.07, 6.45) is 1.60. The van der Waals surface area contributed by atoms with E-state index in [1.165, 1.54) is 16.7 Å². The normalized spacial score (nSPS) is 12.3. The Morgan fingerprint density at radius 2 is 1.95 bits per heavy atom. The van der Waals surface area contributed by atoms with Crippen molar-refractivity contribution in [3.63, 3.8) is 0 Å². The van der Waals surface area contributed by atoms with E-state index in [0.717, 1.165) is 12.2 Å². The third-order valence-electron chi connectivity index (χ3n) is 3.72. The molecule has 22 heavy (non-hydrogen) atoms. The average Bonchev–Trinajstić information content (AvgIpc) is 3.09. The van der Waals surface area contributed by atoms with Crippen LogP contribution in [-0.2, 0) is 6.54 Å². The standard InChI is InChI=1S/C17H19N5/c1-13-6-8-15(9-7-13)11-18-14(2)16-4-3-5-17(10-16)22-12-19-20-21-22/h3-10,12,14,18H,11H2,1-2H3. The van der Waals surface area contributed by atoms with Crippen molar-refractivity contribution in [3.8, 4) is 5.69 Å². The molecule has 1 N–H and O–H groups in total. The van der Waals surface area contributed by atoms with Gasteiger partial charge in [-0.1, -0.05) is 42.0 Å². The van der Waals surface area contributed by atoms with E-state index in [-0.39, 0.29) is 6.04 Å². The second-order valence-corrected chi connectivity index (χ2v) is 5.44. The molecule has 0 aliphatic heterocycles. The molecule has 5 heteroatoms. The molecule has 5 nitrogen and oxygen atoms in total. The first-order valence-electron chi connectivity index (χ1n) is 7.34. The summed E-state index contributed by atoms with van der Waals surface area (Å²) in [4.78, 5) is 0. The Balaban J connectivity index is 1.68. The van der Waals surface area contributed by atoms with Crippen molar-refractivity contribution < 1.29 is 0 Å². The van der Waals surface area contributed by atoms with Crippen LogP contribution in [0.2, 0.25) is 0 Å². The minimum Gasteiger partial charge on any atom is -0.306 e. The van der Waals surface area contributed by atoms with Gasteiger partial charge in [-0.05, 0) is 47.5 Å². The maximum Gasteiger partial charge on any atom is 0.143 e. The lowest BCUT2D eigenvalue weighted by Gasteiger charge is -2.15. The number of benzene rings is 2. The highest BCUT2D eigenvalue weighted by Crippen LogP contribution is 2.16. The Morgan fingerprint density at radius 3 is 2.68 bits per heavy atom. The summed E-state index contributed by atoms with van der Waals surface area (Å²) in [6.45, 7) is 5.10. The first-order chi connectivity index (χ1) is 10.7. The highest BCUT2D eigenvalue weighted by molar-refractivity contribution is 5.35. The number of aromatic nitrogens is 4. The van der Waals surface area contributed by atoms with Crippen LogP contribution in [0.4, 0.5) is 0 Å². The van der Waals surface area contributed by atoms with E-state index >= 15 is 0 Å². The van der Waals surface area contributed by atoms with E-state index < -0.39 is 0 Å². The van der Waals surface area contributed by atoms with Gasteiger partial charge in [0.25, 0.3) is 0 Å². The van der Waals surface area contributed by atoms with E-state index in [1.807, 2.05) is 12.1 Å². The van der Waals surface area contributed by atoms with Gasteiger partial charge in [0.15, 0.2) is 0 Å². The summed E-state index contributed by atoms with van der Waals surface area (Å²) in [7, 11) is 0. The second-order valence-electron chi connectivity index (χ2n) is 5.44. The molecule has 0 fully saturated rings. The predicted molar refractivity (Wildman–Crippen MR) is 85.6 cm³/mol. The molecule has 3 aromatic rings. The van der Waals surface area contributed by atoms with Crippen molar-refractivity contribution >= 4 is 0 Å². The third kappa shape index (κ3) is 3.38. The number of nitrogens with one attached hydrogen (secondary N) is 1. The highest BCUT2D eigenvalue weighted by atomic mass is 15.5. The Morgan fingerprint density at radius 1 is 1.14 bits per heavy atom. The lowest BCUT2D eigenvalue weighted by Crippen LogP contribution is -2.18. The molecular weight excluding hydrogens is 274 g/mol. The fourth-order valence-corrected chi connectivity index (χ4v) is 2.31. The Bertz CT molecular complexity index is 719. The van der Waals surface area contributed by atoms with Crippen molar-refractivity contribution in [1.29, 1.82) is 0 Å². The molecule has 0 radical (unpaired) electrons. The molecule has 1 atom stereocenters. The maximum atomic E-state index is 3.92. The number of hydrogen-bond donors (Lipinski definition) is 1. The van der Waals surface area contributed by atoms with Gasteiger partial charge in [0.05, 0.1) is 5.69 Å². The van der Waals surface area contributed by atoms with Crippen LogP contribution in [0.1, 0.15) is 29.7 Å². The summed E-state index contributed by atoms with van der Waals surface area (Å²) in [5.41, 5.74) is 4.74. The minimum atomic E-state index is 0.248. The van der Waals surface area contributed by atoms with Crippen molar-refractivity contribution in [3.05, 3.63) is 71.5 Å². The van der Waals surface area contributed by atoms with Gasteiger partial charge >= 0.3 is 0 Å². The number of nitrogens with zero attached hydrogens (tertiary/aromatic N) is 4. The zero-order valence-electron chi connectivity index (χ0n) is 12.8. The summed E-state index contributed by atoms with van der Waals surface area (Å²) in [5, 5.41) is 14.8. The van der Waals surface area contributed by atoms with Gasteiger partial charge in [-0.2, -0.15) is 0 Å². The van der Waals surface area contributed by atoms with E-state index in [0.29, 0.717) is 0 Å². The Hall–Kier alpha value is -2.53. The van der Waals surface area contributed by atoms with E-state index in [2.05, 4.69) is 71.1 Å². The number of aryl methyl sites for hydroxylation is 1. The zero-order valence-corrected chi connectivity index (χ0v) is 12.8. The largest absolute Gasteiger partial charge is 0.306 e. The maximum absolute atomic E-state index is 3.92. The van der Waals surface area contributed by atoms with Crippen LogP contribution in [-0.4, -0.2) is 20.2 Å². The van der Waals surface area contributed by atoms with Gasteiger partial charge in [0.2, 0.25) is 0 Å². The first-order valence-corrected chi connectivity index (χ1v) is 7.34. The number of tetrazole rings is 1. The van der Waals surface area contributed by atoms with Gasteiger partial charge in [-0.15, -0.1) is 5.10 Å². The molecule has 1 unspecified atom stereocenters. The number of rotatable bonds is 5. The van der Waals surface area contributed by atoms with Crippen LogP contribution >= 0.6 is 0 Å². The van der Waals surface area contributed by atoms with E-state index in [1.54, 1.807) is 11.0 Å². The molecule has 0 spiro atoms. The lowest BCUT2D eigenvalue weighted by molar-refractivity contribution is 0.574. The fourth-order valence-electron chi connectivity index (χ4n) is 2.31. The molecule has 0 aliphatic rings. The van der Waals surface area contributed by atoms with Gasteiger partial charge in [-0.3, -0.25) is 0 Å². The smallest absolute Gasteiger partial charge is 0.143 e. The van der Waals surface area contributed by atoms with Crippen molar-refractivity contribution in [2.75, 3.05) is 0 Å². The molecule has 0 bridgehead atoms. The van der Waals surface area contributed by atoms with Gasteiger partial charge in [0, 0.05) is 12.6 Å². The Labute approximate surface area is 130 Å². The average molecular weight is 293 g/mol. The molecule has 0 saturated heterocycles. The molecule has 3 rings (SSSR count). The summed E-state index contributed by atoms with van der Waals surface area (Å²) in [5.74, 6) is 0. The minimum absolute atomic E-state index is 0.248. The predicted octanol–water partition coefficient (Wildman–Crippen LogP) is 2.82. The SMILES string of the molecule is Cc1ccc(CNC(C)c2cccc(-n3cnnn3)c2)cc1. The van der Waals surface area contributed by atoms with E-state index in [4.69, 9.17) is 0 Å². The molecule has 2 aromatic carbocycles. The molecule has 0 aliphatic carbocycles. The molecule has 112 valence electrons. The molecule has 1 aromatic heterocycles. The van der Waals surface area contributed by atoms with Crippen molar-refractivity contribution in [1.82, 2.24) is 25.5 Å². The number of hydrogen-bond acceptors (Lipinski definition) is 4.